The van der Waals surface area contributed by atoms with Gasteiger partial charge in [0.2, 0.25) is 0 Å². The Morgan fingerprint density at radius 2 is 2.09 bits per heavy atom. The molecule has 0 saturated heterocycles. The summed E-state index contributed by atoms with van der Waals surface area (Å²) in [6, 6.07) is 4.85. The van der Waals surface area contributed by atoms with Crippen molar-refractivity contribution in [2.24, 2.45) is 5.92 Å². The minimum absolute atomic E-state index is 0.0169. The van der Waals surface area contributed by atoms with Crippen LogP contribution in [0.1, 0.15) is 31.5 Å². The maximum atomic E-state index is 13.0. The second-order valence-electron chi connectivity index (χ2n) is 7.98. The summed E-state index contributed by atoms with van der Waals surface area (Å²) >= 11 is 0. The lowest BCUT2D eigenvalue weighted by atomic mass is 9.82. The molecule has 0 radical (unpaired) electrons. The first-order valence-corrected chi connectivity index (χ1v) is 10.5. The molecule has 0 spiro atoms. The summed E-state index contributed by atoms with van der Waals surface area (Å²) in [5.41, 5.74) is 0.279. The molecule has 2 aromatic rings. The molecule has 172 valence electrons. The second kappa shape index (κ2) is 9.60. The van der Waals surface area contributed by atoms with Crippen molar-refractivity contribution in [2.45, 2.75) is 44.9 Å². The van der Waals surface area contributed by atoms with Crippen molar-refractivity contribution in [3.8, 4) is 0 Å². The highest BCUT2D eigenvalue weighted by Crippen LogP contribution is 2.45. The average Bonchev–Trinajstić information content (AvgIpc) is 3.29. The van der Waals surface area contributed by atoms with E-state index in [1.54, 1.807) is 49.1 Å². The summed E-state index contributed by atoms with van der Waals surface area (Å²) in [7, 11) is 1.60. The van der Waals surface area contributed by atoms with Gasteiger partial charge in [0.15, 0.2) is 5.60 Å². The molecule has 2 heterocycles. The van der Waals surface area contributed by atoms with Gasteiger partial charge in [-0.25, -0.2) is 0 Å². The molecule has 3 atom stereocenters. The molecule has 0 aliphatic carbocycles. The molecule has 1 aromatic carbocycles. The summed E-state index contributed by atoms with van der Waals surface area (Å²) in [6.07, 6.45) is 5.32. The fraction of sp³-hybridized carbons (Fsp3) is 0.455. The van der Waals surface area contributed by atoms with E-state index in [0.29, 0.717) is 42.0 Å². The highest BCUT2D eigenvalue weighted by atomic mass is 16.3. The number of amides is 2. The molecule has 2 amide bonds. The van der Waals surface area contributed by atoms with E-state index in [9.17, 15) is 19.8 Å². The van der Waals surface area contributed by atoms with E-state index in [-0.39, 0.29) is 6.61 Å². The molecule has 3 rings (SSSR count). The number of allylic oxidation sites excluding steroid dienone is 1. The standard InChI is InChI=1S/C22H29N5O5/c1-14(6-4-5-10-27-13-17(9-11-28)24-25-27)22(32)18-12-16(23-20(30)15(2)29)7-8-19(18)26(3)21(22)31/h4,6-8,12-15,28-29,32H,5,9-11H2,1-3H3,(H,23,30)/b6-4+/t14-,15+,22+/m1/s1. The molecule has 1 aliphatic heterocycles. The zero-order valence-electron chi connectivity index (χ0n) is 18.4. The zero-order chi connectivity index (χ0) is 23.5. The Kier molecular flexibility index (Phi) is 7.07. The number of benzene rings is 1. The number of hydrogen-bond donors (Lipinski definition) is 4. The van der Waals surface area contributed by atoms with Crippen LogP contribution in [0.2, 0.25) is 0 Å². The summed E-state index contributed by atoms with van der Waals surface area (Å²) in [4.78, 5) is 26.2. The second-order valence-corrected chi connectivity index (χ2v) is 7.98. The maximum Gasteiger partial charge on any atom is 0.264 e. The van der Waals surface area contributed by atoms with Gasteiger partial charge in [0.05, 0.1) is 11.4 Å². The number of carbonyl (C=O) groups is 2. The number of fused-ring (bicyclic) bond motifs is 1. The number of aliphatic hydroxyl groups is 3. The van der Waals surface area contributed by atoms with Crippen molar-refractivity contribution in [1.82, 2.24) is 15.0 Å². The van der Waals surface area contributed by atoms with Crippen LogP contribution >= 0.6 is 0 Å². The van der Waals surface area contributed by atoms with E-state index in [1.165, 1.54) is 11.8 Å². The first-order valence-electron chi connectivity index (χ1n) is 10.5. The van der Waals surface area contributed by atoms with Gasteiger partial charge in [-0.1, -0.05) is 24.3 Å². The van der Waals surface area contributed by atoms with Crippen molar-refractivity contribution in [2.75, 3.05) is 23.9 Å². The summed E-state index contributed by atoms with van der Waals surface area (Å²) in [5, 5.41) is 40.4. The van der Waals surface area contributed by atoms with Gasteiger partial charge in [0.25, 0.3) is 11.8 Å². The van der Waals surface area contributed by atoms with Crippen LogP contribution in [0.15, 0.2) is 36.5 Å². The van der Waals surface area contributed by atoms with Gasteiger partial charge in [-0.2, -0.15) is 0 Å². The summed E-state index contributed by atoms with van der Waals surface area (Å²) in [6.45, 7) is 3.70. The van der Waals surface area contributed by atoms with Gasteiger partial charge in [-0.15, -0.1) is 5.10 Å². The van der Waals surface area contributed by atoms with Gasteiger partial charge in [-0.3, -0.25) is 14.3 Å². The molecule has 0 unspecified atom stereocenters. The zero-order valence-corrected chi connectivity index (χ0v) is 18.4. The molecule has 10 heteroatoms. The normalized spacial score (nSPS) is 19.9. The van der Waals surface area contributed by atoms with Crippen LogP contribution < -0.4 is 10.2 Å². The van der Waals surface area contributed by atoms with Gasteiger partial charge in [0, 0.05) is 50.0 Å². The lowest BCUT2D eigenvalue weighted by molar-refractivity contribution is -0.139. The van der Waals surface area contributed by atoms with Crippen LogP contribution in [0.3, 0.4) is 0 Å². The van der Waals surface area contributed by atoms with Gasteiger partial charge in [-0.05, 0) is 31.5 Å². The molecule has 4 N–H and O–H groups in total. The minimum atomic E-state index is -1.78. The van der Waals surface area contributed by atoms with Gasteiger partial charge in [0.1, 0.15) is 6.10 Å². The Morgan fingerprint density at radius 1 is 1.34 bits per heavy atom. The fourth-order valence-electron chi connectivity index (χ4n) is 3.70. The number of nitrogens with zero attached hydrogens (tertiary/aromatic N) is 4. The number of hydrogen-bond acceptors (Lipinski definition) is 7. The minimum Gasteiger partial charge on any atom is -0.396 e. The van der Waals surface area contributed by atoms with Crippen LogP contribution in [-0.4, -0.2) is 61.9 Å². The predicted molar refractivity (Wildman–Crippen MR) is 118 cm³/mol. The molecule has 0 bridgehead atoms. The third-order valence-corrected chi connectivity index (χ3v) is 5.61. The number of aryl methyl sites for hydroxylation is 1. The molecular formula is C22H29N5O5. The predicted octanol–water partition coefficient (Wildman–Crippen LogP) is 0.579. The Morgan fingerprint density at radius 3 is 2.78 bits per heavy atom. The van der Waals surface area contributed by atoms with E-state index in [4.69, 9.17) is 5.11 Å². The molecular weight excluding hydrogens is 414 g/mol. The SMILES string of the molecule is C[C@H](O)C(=O)Nc1ccc2c(c1)[C@@](O)([C@H](C)/C=C/CCn1cc(CCO)nn1)C(=O)N2C. The molecule has 1 aliphatic rings. The van der Waals surface area contributed by atoms with Gasteiger partial charge < -0.3 is 25.5 Å². The van der Waals surface area contributed by atoms with Crippen LogP contribution in [0.4, 0.5) is 11.4 Å². The number of anilines is 2. The number of likely N-dealkylation sites (N-methyl/N-ethyl adjacent to an activating group) is 1. The smallest absolute Gasteiger partial charge is 0.264 e. The Bertz CT molecular complexity index is 1020. The summed E-state index contributed by atoms with van der Waals surface area (Å²) < 4.78 is 1.68. The van der Waals surface area contributed by atoms with Crippen molar-refractivity contribution in [3.05, 3.63) is 47.8 Å². The number of aliphatic hydroxyl groups excluding tert-OH is 2. The van der Waals surface area contributed by atoms with Crippen molar-refractivity contribution in [1.29, 1.82) is 0 Å². The van der Waals surface area contributed by atoms with Crippen LogP contribution in [0, 0.1) is 5.92 Å². The molecule has 10 nitrogen and oxygen atoms in total. The van der Waals surface area contributed by atoms with E-state index in [2.05, 4.69) is 15.6 Å². The largest absolute Gasteiger partial charge is 0.396 e. The highest BCUT2D eigenvalue weighted by molar-refractivity contribution is 6.07. The Labute approximate surface area is 186 Å². The van der Waals surface area contributed by atoms with E-state index in [1.807, 2.05) is 6.08 Å². The van der Waals surface area contributed by atoms with Crippen molar-refractivity contribution >= 4 is 23.2 Å². The molecule has 0 saturated carbocycles. The molecule has 32 heavy (non-hydrogen) atoms. The highest BCUT2D eigenvalue weighted by Gasteiger charge is 2.51. The van der Waals surface area contributed by atoms with Crippen LogP contribution in [0.25, 0.3) is 0 Å². The number of nitrogens with one attached hydrogen (secondary N) is 1. The van der Waals surface area contributed by atoms with Gasteiger partial charge >= 0.3 is 0 Å². The molecule has 1 aromatic heterocycles. The first-order chi connectivity index (χ1) is 15.2. The van der Waals surface area contributed by atoms with Crippen LogP contribution in [-0.2, 0) is 28.2 Å². The Hall–Kier alpha value is -3.08. The average molecular weight is 444 g/mol. The number of rotatable bonds is 9. The number of aromatic nitrogens is 3. The van der Waals surface area contributed by atoms with Crippen molar-refractivity contribution < 1.29 is 24.9 Å². The van der Waals surface area contributed by atoms with Crippen molar-refractivity contribution in [3.63, 3.8) is 0 Å². The molecule has 0 fully saturated rings. The van der Waals surface area contributed by atoms with E-state index >= 15 is 0 Å². The van der Waals surface area contributed by atoms with E-state index < -0.39 is 29.4 Å². The lowest BCUT2D eigenvalue weighted by Gasteiger charge is -2.27. The summed E-state index contributed by atoms with van der Waals surface area (Å²) in [5.74, 6) is -1.56. The Balaban J connectivity index is 1.75. The third-order valence-electron chi connectivity index (χ3n) is 5.61. The monoisotopic (exact) mass is 443 g/mol. The lowest BCUT2D eigenvalue weighted by Crippen LogP contribution is -2.43. The maximum absolute atomic E-state index is 13.0. The number of carbonyl (C=O) groups excluding carboxylic acids is 2. The quantitative estimate of drug-likeness (QED) is 0.416. The topological polar surface area (TPSA) is 141 Å². The van der Waals surface area contributed by atoms with E-state index in [0.717, 1.165) is 0 Å². The first kappa shape index (κ1) is 23.6. The fourth-order valence-corrected chi connectivity index (χ4v) is 3.70. The third kappa shape index (κ3) is 4.57. The van der Waals surface area contributed by atoms with Crippen LogP contribution in [0.5, 0.6) is 0 Å².